The predicted molar refractivity (Wildman–Crippen MR) is 14.3 cm³/mol. The summed E-state index contributed by atoms with van der Waals surface area (Å²) in [6.07, 6.45) is -1.16. The van der Waals surface area contributed by atoms with Crippen LogP contribution in [0.25, 0.3) is 0 Å². The minimum atomic E-state index is -1.16. The Morgan fingerprint density at radius 1 is 1.57 bits per heavy atom. The number of hydrogen-bond donors (Lipinski definition) is 0. The molecule has 0 spiro atoms. The maximum absolute atomic E-state index is 11.4. The lowest BCUT2D eigenvalue weighted by Crippen LogP contribution is -1.85. The number of halogens is 2. The summed E-state index contributed by atoms with van der Waals surface area (Å²) < 4.78 is 22.7. The summed E-state index contributed by atoms with van der Waals surface area (Å²) in [4.78, 5) is 0. The van der Waals surface area contributed by atoms with Gasteiger partial charge in [0.2, 0.25) is 0 Å². The standard InChI is InChI=1S/CF2N4/c2-1-4-6-7(3)5-1. The Labute approximate surface area is 36.7 Å². The van der Waals surface area contributed by atoms with E-state index in [1.165, 1.54) is 0 Å². The van der Waals surface area contributed by atoms with Gasteiger partial charge in [-0.1, -0.05) is 14.7 Å². The summed E-state index contributed by atoms with van der Waals surface area (Å²) in [5, 5.41) is 7.13. The Hall–Kier alpha value is -1.07. The molecule has 0 radical (unpaired) electrons. The van der Waals surface area contributed by atoms with E-state index < -0.39 is 11.1 Å². The molecule has 0 aliphatic rings. The van der Waals surface area contributed by atoms with Crippen LogP contribution < -0.4 is 0 Å². The first-order valence-electron chi connectivity index (χ1n) is 1.41. The Kier molecular flexibility index (Phi) is 0.709. The van der Waals surface area contributed by atoms with E-state index in [2.05, 4.69) is 15.4 Å². The minimum Gasteiger partial charge on any atom is -0.158 e. The highest BCUT2D eigenvalue weighted by Crippen LogP contribution is 1.77. The van der Waals surface area contributed by atoms with E-state index in [0.29, 0.717) is 0 Å². The van der Waals surface area contributed by atoms with E-state index in [4.69, 9.17) is 0 Å². The molecule has 0 aliphatic heterocycles. The highest BCUT2D eigenvalue weighted by atomic mass is 19.2. The van der Waals surface area contributed by atoms with Crippen molar-refractivity contribution in [3.63, 3.8) is 0 Å². The van der Waals surface area contributed by atoms with E-state index in [1.807, 2.05) is 0 Å². The summed E-state index contributed by atoms with van der Waals surface area (Å²) >= 11 is 0. The maximum Gasteiger partial charge on any atom is 0.349 e. The fraction of sp³-hybridized carbons (Fsp3) is 0. The van der Waals surface area contributed by atoms with E-state index >= 15 is 0 Å². The van der Waals surface area contributed by atoms with Crippen molar-refractivity contribution < 1.29 is 8.87 Å². The van der Waals surface area contributed by atoms with E-state index in [9.17, 15) is 8.87 Å². The molecular formula is CF2N4. The van der Waals surface area contributed by atoms with Gasteiger partial charge in [0, 0.05) is 5.02 Å². The van der Waals surface area contributed by atoms with Crippen LogP contribution in [0.1, 0.15) is 0 Å². The molecule has 0 amide bonds. The summed E-state index contributed by atoms with van der Waals surface area (Å²) in [6, 6.07) is 0. The first-order valence-corrected chi connectivity index (χ1v) is 1.41. The topological polar surface area (TPSA) is 43.6 Å². The van der Waals surface area contributed by atoms with Crippen LogP contribution >= 0.6 is 0 Å². The number of hydrogen-bond acceptors (Lipinski definition) is 3. The van der Waals surface area contributed by atoms with Gasteiger partial charge >= 0.3 is 6.08 Å². The molecule has 0 saturated carbocycles. The average Bonchev–Trinajstić information content (AvgIpc) is 1.87. The molecule has 6 heteroatoms. The molecule has 0 atom stereocenters. The second kappa shape index (κ2) is 1.21. The summed E-state index contributed by atoms with van der Waals surface area (Å²) in [5.41, 5.74) is 0. The van der Waals surface area contributed by atoms with Gasteiger partial charge in [-0.05, 0) is 5.21 Å². The quantitative estimate of drug-likeness (QED) is 0.449. The van der Waals surface area contributed by atoms with Gasteiger partial charge in [0.15, 0.2) is 0 Å². The molecule has 1 aromatic rings. The normalized spacial score (nSPS) is 9.43. The minimum absolute atomic E-state index is 0.449. The molecule has 7 heavy (non-hydrogen) atoms. The largest absolute Gasteiger partial charge is 0.349 e. The lowest BCUT2D eigenvalue weighted by atomic mass is 11.3. The fourth-order valence-corrected chi connectivity index (χ4v) is 0.182. The van der Waals surface area contributed by atoms with Crippen molar-refractivity contribution >= 4 is 0 Å². The third-order valence-corrected chi connectivity index (χ3v) is 0.366. The first kappa shape index (κ1) is 4.10. The molecule has 0 aliphatic carbocycles. The van der Waals surface area contributed by atoms with Crippen molar-refractivity contribution in [2.45, 2.75) is 0 Å². The monoisotopic (exact) mass is 106 g/mol. The highest BCUT2D eigenvalue weighted by molar-refractivity contribution is 4.38. The van der Waals surface area contributed by atoms with Gasteiger partial charge in [0.25, 0.3) is 0 Å². The molecule has 0 N–H and O–H groups in total. The van der Waals surface area contributed by atoms with Crippen molar-refractivity contribution in [2.24, 2.45) is 0 Å². The number of tetrazole rings is 1. The average molecular weight is 106 g/mol. The second-order valence-corrected chi connectivity index (χ2v) is 0.799. The van der Waals surface area contributed by atoms with E-state index in [1.54, 1.807) is 0 Å². The molecular weight excluding hydrogens is 106 g/mol. The Morgan fingerprint density at radius 2 is 2.29 bits per heavy atom. The first-order chi connectivity index (χ1) is 3.29. The van der Waals surface area contributed by atoms with Gasteiger partial charge in [0.05, 0.1) is 0 Å². The molecule has 0 fully saturated rings. The van der Waals surface area contributed by atoms with Crippen molar-refractivity contribution in [2.75, 3.05) is 0 Å². The van der Waals surface area contributed by atoms with Gasteiger partial charge in [-0.3, -0.25) is 0 Å². The van der Waals surface area contributed by atoms with Crippen LogP contribution in [-0.4, -0.2) is 20.4 Å². The zero-order chi connectivity index (χ0) is 5.28. The zero-order valence-corrected chi connectivity index (χ0v) is 3.04. The molecule has 0 unspecified atom stereocenters. The zero-order valence-electron chi connectivity index (χ0n) is 3.04. The van der Waals surface area contributed by atoms with Gasteiger partial charge in [-0.2, -0.15) is 4.39 Å². The Balaban J connectivity index is 3.04. The molecule has 4 nitrogen and oxygen atoms in total. The van der Waals surface area contributed by atoms with Gasteiger partial charge in [-0.15, -0.1) is 0 Å². The lowest BCUT2D eigenvalue weighted by molar-refractivity contribution is 0.253. The van der Waals surface area contributed by atoms with Crippen molar-refractivity contribution in [1.29, 1.82) is 0 Å². The Morgan fingerprint density at radius 3 is 2.43 bits per heavy atom. The predicted octanol–water partition coefficient (Wildman–Crippen LogP) is -0.455. The van der Waals surface area contributed by atoms with Crippen LogP contribution in [0.3, 0.4) is 0 Å². The van der Waals surface area contributed by atoms with Crippen LogP contribution in [0.15, 0.2) is 0 Å². The summed E-state index contributed by atoms with van der Waals surface area (Å²) in [7, 11) is 0. The maximum atomic E-state index is 11.4. The summed E-state index contributed by atoms with van der Waals surface area (Å²) in [6.45, 7) is 0. The third-order valence-electron chi connectivity index (χ3n) is 0.366. The summed E-state index contributed by atoms with van der Waals surface area (Å²) in [5.74, 6) is 0. The third kappa shape index (κ3) is 0.673. The van der Waals surface area contributed by atoms with Crippen LogP contribution in [0.5, 0.6) is 0 Å². The van der Waals surface area contributed by atoms with Gasteiger partial charge in [0.1, 0.15) is 0 Å². The van der Waals surface area contributed by atoms with Crippen LogP contribution in [0, 0.1) is 6.08 Å². The molecule has 1 rings (SSSR count). The van der Waals surface area contributed by atoms with E-state index in [-0.39, 0.29) is 0 Å². The Bertz CT molecular complexity index is 142. The highest BCUT2D eigenvalue weighted by Gasteiger charge is 1.94. The van der Waals surface area contributed by atoms with Crippen LogP contribution in [-0.2, 0) is 0 Å². The molecule has 1 heterocycles. The van der Waals surface area contributed by atoms with Gasteiger partial charge in [-0.25, -0.2) is 0 Å². The van der Waals surface area contributed by atoms with Crippen molar-refractivity contribution in [3.8, 4) is 0 Å². The number of nitrogens with zero attached hydrogens (tertiary/aromatic N) is 4. The van der Waals surface area contributed by atoms with Crippen LogP contribution in [0.4, 0.5) is 8.87 Å². The number of rotatable bonds is 0. The van der Waals surface area contributed by atoms with E-state index in [0.717, 1.165) is 0 Å². The molecule has 38 valence electrons. The smallest absolute Gasteiger partial charge is 0.158 e. The second-order valence-electron chi connectivity index (χ2n) is 0.799. The molecule has 0 aromatic carbocycles. The molecule has 0 saturated heterocycles. The van der Waals surface area contributed by atoms with Crippen molar-refractivity contribution in [3.05, 3.63) is 6.08 Å². The number of aromatic nitrogens is 4. The fourth-order valence-electron chi connectivity index (χ4n) is 0.182. The SMILES string of the molecule is Fc1nnn(F)n1. The molecule has 1 aromatic heterocycles. The van der Waals surface area contributed by atoms with Crippen LogP contribution in [0.2, 0.25) is 0 Å². The lowest BCUT2D eigenvalue weighted by Gasteiger charge is -1.64. The van der Waals surface area contributed by atoms with Crippen molar-refractivity contribution in [1.82, 2.24) is 20.4 Å². The van der Waals surface area contributed by atoms with Gasteiger partial charge < -0.3 is 0 Å². The molecule has 0 bridgehead atoms.